The highest BCUT2D eigenvalue weighted by atomic mass is 16.3. The lowest BCUT2D eigenvalue weighted by molar-refractivity contribution is 0.0939. The molecule has 21 heavy (non-hydrogen) atoms. The Kier molecular flexibility index (Phi) is 4.47. The van der Waals surface area contributed by atoms with Crippen LogP contribution >= 0.6 is 0 Å². The van der Waals surface area contributed by atoms with E-state index in [4.69, 9.17) is 10.2 Å². The zero-order valence-corrected chi connectivity index (χ0v) is 12.9. The van der Waals surface area contributed by atoms with E-state index >= 15 is 0 Å². The summed E-state index contributed by atoms with van der Waals surface area (Å²) < 4.78 is 7.04. The van der Waals surface area contributed by atoms with E-state index in [0.29, 0.717) is 11.3 Å². The second-order valence-corrected chi connectivity index (χ2v) is 5.36. The third-order valence-electron chi connectivity index (χ3n) is 3.66. The van der Waals surface area contributed by atoms with Gasteiger partial charge >= 0.3 is 0 Å². The number of hydrogen-bond donors (Lipinski definition) is 2. The second-order valence-electron chi connectivity index (χ2n) is 5.36. The Morgan fingerprint density at radius 1 is 1.52 bits per heavy atom. The molecule has 2 heterocycles. The average Bonchev–Trinajstić information content (AvgIpc) is 3.00. The first-order chi connectivity index (χ1) is 9.92. The van der Waals surface area contributed by atoms with Crippen molar-refractivity contribution >= 4 is 5.91 Å². The normalized spacial score (nSPS) is 12.4. The Morgan fingerprint density at radius 3 is 2.76 bits per heavy atom. The van der Waals surface area contributed by atoms with Gasteiger partial charge in [0.25, 0.3) is 5.91 Å². The summed E-state index contributed by atoms with van der Waals surface area (Å²) in [6.45, 7) is 6.29. The van der Waals surface area contributed by atoms with Gasteiger partial charge in [0.1, 0.15) is 12.0 Å². The maximum atomic E-state index is 12.1. The Labute approximate surface area is 124 Å². The number of aromatic nitrogens is 2. The fourth-order valence-electron chi connectivity index (χ4n) is 2.38. The smallest absolute Gasteiger partial charge is 0.254 e. The molecule has 2 aromatic rings. The van der Waals surface area contributed by atoms with E-state index in [-0.39, 0.29) is 18.5 Å². The molecule has 0 saturated heterocycles. The van der Waals surface area contributed by atoms with Crippen LogP contribution in [0.3, 0.4) is 0 Å². The second kappa shape index (κ2) is 6.13. The summed E-state index contributed by atoms with van der Waals surface area (Å²) in [4.78, 5) is 12.1. The molecule has 0 aliphatic heterocycles. The highest BCUT2D eigenvalue weighted by Gasteiger charge is 2.16. The Balaban J connectivity index is 2.01. The van der Waals surface area contributed by atoms with Crippen LogP contribution in [-0.4, -0.2) is 21.7 Å². The van der Waals surface area contributed by atoms with E-state index in [1.165, 1.54) is 11.8 Å². The first kappa shape index (κ1) is 15.3. The molecule has 6 nitrogen and oxygen atoms in total. The molecule has 0 aliphatic rings. The SMILES string of the molecule is Cc1nn(C)c(C)c1CC(C)NC(=O)c1coc(CN)c1. The molecule has 114 valence electrons. The minimum absolute atomic E-state index is 0.00956. The number of nitrogens with one attached hydrogen (secondary N) is 1. The quantitative estimate of drug-likeness (QED) is 0.872. The van der Waals surface area contributed by atoms with Crippen molar-refractivity contribution in [3.8, 4) is 0 Å². The number of hydrogen-bond acceptors (Lipinski definition) is 4. The standard InChI is InChI=1S/C15H22N4O2/c1-9(5-14-10(2)18-19(4)11(14)3)17-15(20)12-6-13(7-16)21-8-12/h6,8-9H,5,7,16H2,1-4H3,(H,17,20). The number of furan rings is 1. The number of carbonyl (C=O) groups excluding carboxylic acids is 1. The summed E-state index contributed by atoms with van der Waals surface area (Å²) in [6, 6.07) is 1.68. The topological polar surface area (TPSA) is 86.1 Å². The molecule has 6 heteroatoms. The Hall–Kier alpha value is -2.08. The molecule has 0 spiro atoms. The minimum Gasteiger partial charge on any atom is -0.467 e. The molecule has 0 fully saturated rings. The van der Waals surface area contributed by atoms with Crippen LogP contribution in [0.25, 0.3) is 0 Å². The van der Waals surface area contributed by atoms with Crippen LogP contribution in [-0.2, 0) is 20.0 Å². The van der Waals surface area contributed by atoms with Gasteiger partial charge in [-0.1, -0.05) is 0 Å². The van der Waals surface area contributed by atoms with E-state index < -0.39 is 0 Å². The lowest BCUT2D eigenvalue weighted by atomic mass is 10.1. The summed E-state index contributed by atoms with van der Waals surface area (Å²) in [5, 5.41) is 7.36. The van der Waals surface area contributed by atoms with Crippen LogP contribution in [0.4, 0.5) is 0 Å². The van der Waals surface area contributed by atoms with Gasteiger partial charge in [-0.2, -0.15) is 5.10 Å². The van der Waals surface area contributed by atoms with Crippen LogP contribution in [0.2, 0.25) is 0 Å². The van der Waals surface area contributed by atoms with E-state index in [2.05, 4.69) is 10.4 Å². The first-order valence-electron chi connectivity index (χ1n) is 6.99. The number of aryl methyl sites for hydroxylation is 2. The van der Waals surface area contributed by atoms with Crippen LogP contribution in [0.15, 0.2) is 16.7 Å². The van der Waals surface area contributed by atoms with Crippen molar-refractivity contribution in [1.29, 1.82) is 0 Å². The third kappa shape index (κ3) is 3.33. The van der Waals surface area contributed by atoms with Gasteiger partial charge in [0.2, 0.25) is 0 Å². The predicted molar refractivity (Wildman–Crippen MR) is 79.9 cm³/mol. The van der Waals surface area contributed by atoms with Gasteiger partial charge in [-0.25, -0.2) is 0 Å². The minimum atomic E-state index is -0.148. The molecule has 1 unspecified atom stereocenters. The number of rotatable bonds is 5. The highest BCUT2D eigenvalue weighted by molar-refractivity contribution is 5.94. The molecular weight excluding hydrogens is 268 g/mol. The highest BCUT2D eigenvalue weighted by Crippen LogP contribution is 2.14. The van der Waals surface area contributed by atoms with Crippen LogP contribution < -0.4 is 11.1 Å². The number of nitrogens with two attached hydrogens (primary N) is 1. The van der Waals surface area contributed by atoms with Crippen molar-refractivity contribution in [3.63, 3.8) is 0 Å². The van der Waals surface area contributed by atoms with E-state index in [9.17, 15) is 4.79 Å². The lowest BCUT2D eigenvalue weighted by Gasteiger charge is -2.13. The molecule has 0 radical (unpaired) electrons. The molecule has 0 saturated carbocycles. The summed E-state index contributed by atoms with van der Waals surface area (Å²) in [5.41, 5.74) is 9.28. The van der Waals surface area contributed by atoms with Gasteiger partial charge in [0.05, 0.1) is 17.8 Å². The van der Waals surface area contributed by atoms with E-state index in [1.807, 2.05) is 32.5 Å². The van der Waals surface area contributed by atoms with E-state index in [0.717, 1.165) is 17.8 Å². The van der Waals surface area contributed by atoms with E-state index in [1.54, 1.807) is 6.07 Å². The molecule has 1 amide bonds. The molecule has 3 N–H and O–H groups in total. The van der Waals surface area contributed by atoms with Gasteiger partial charge in [-0.05, 0) is 38.8 Å². The summed E-state index contributed by atoms with van der Waals surface area (Å²) in [5.74, 6) is 0.455. The van der Waals surface area contributed by atoms with Crippen molar-refractivity contribution in [2.75, 3.05) is 0 Å². The fraction of sp³-hybridized carbons (Fsp3) is 0.467. The Morgan fingerprint density at radius 2 is 2.24 bits per heavy atom. The monoisotopic (exact) mass is 290 g/mol. The lowest BCUT2D eigenvalue weighted by Crippen LogP contribution is -2.34. The van der Waals surface area contributed by atoms with Crippen molar-refractivity contribution < 1.29 is 9.21 Å². The summed E-state index contributed by atoms with van der Waals surface area (Å²) >= 11 is 0. The molecule has 2 rings (SSSR count). The van der Waals surface area contributed by atoms with Gasteiger partial charge in [-0.15, -0.1) is 0 Å². The van der Waals surface area contributed by atoms with Gasteiger partial charge < -0.3 is 15.5 Å². The number of amides is 1. The average molecular weight is 290 g/mol. The molecule has 2 aromatic heterocycles. The van der Waals surface area contributed by atoms with Crippen molar-refractivity contribution in [2.45, 2.75) is 39.8 Å². The maximum Gasteiger partial charge on any atom is 0.254 e. The molecule has 1 atom stereocenters. The summed E-state index contributed by atoms with van der Waals surface area (Å²) in [7, 11) is 1.93. The third-order valence-corrected chi connectivity index (χ3v) is 3.66. The zero-order chi connectivity index (χ0) is 15.6. The van der Waals surface area contributed by atoms with Crippen LogP contribution in [0.5, 0.6) is 0 Å². The Bertz CT molecular complexity index is 642. The zero-order valence-electron chi connectivity index (χ0n) is 12.9. The number of carbonyl (C=O) groups is 1. The van der Waals surface area contributed by atoms with Gasteiger partial charge in [0.15, 0.2) is 0 Å². The maximum absolute atomic E-state index is 12.1. The molecular formula is C15H22N4O2. The van der Waals surface area contributed by atoms with Gasteiger partial charge in [0, 0.05) is 18.8 Å². The molecule has 0 bridgehead atoms. The predicted octanol–water partition coefficient (Wildman–Crippen LogP) is 1.45. The fourth-order valence-corrected chi connectivity index (χ4v) is 2.38. The van der Waals surface area contributed by atoms with Crippen LogP contribution in [0, 0.1) is 13.8 Å². The summed E-state index contributed by atoms with van der Waals surface area (Å²) in [6.07, 6.45) is 2.18. The first-order valence-corrected chi connectivity index (χ1v) is 6.99. The van der Waals surface area contributed by atoms with Crippen molar-refractivity contribution in [2.24, 2.45) is 12.8 Å². The largest absolute Gasteiger partial charge is 0.467 e. The van der Waals surface area contributed by atoms with Crippen LogP contribution in [0.1, 0.15) is 40.0 Å². The number of nitrogens with zero attached hydrogens (tertiary/aromatic N) is 2. The van der Waals surface area contributed by atoms with Crippen molar-refractivity contribution in [3.05, 3.63) is 40.6 Å². The molecule has 0 aromatic carbocycles. The molecule has 0 aliphatic carbocycles. The van der Waals surface area contributed by atoms with Crippen molar-refractivity contribution in [1.82, 2.24) is 15.1 Å². The van der Waals surface area contributed by atoms with Gasteiger partial charge in [-0.3, -0.25) is 9.48 Å².